The average molecular weight is 483 g/mol. The Morgan fingerprint density at radius 2 is 1.91 bits per heavy atom. The van der Waals surface area contributed by atoms with Crippen LogP contribution in [0.4, 0.5) is 11.8 Å². The Labute approximate surface area is 199 Å². The van der Waals surface area contributed by atoms with E-state index in [1.54, 1.807) is 7.11 Å². The molecular weight excluding hydrogens is 456 g/mol. The van der Waals surface area contributed by atoms with Crippen LogP contribution in [0.15, 0.2) is 24.3 Å². The highest BCUT2D eigenvalue weighted by atomic mass is 16.5. The maximum absolute atomic E-state index is 10.6. The van der Waals surface area contributed by atoms with Crippen molar-refractivity contribution >= 4 is 22.9 Å². The van der Waals surface area contributed by atoms with Crippen molar-refractivity contribution in [2.45, 2.75) is 44.3 Å². The van der Waals surface area contributed by atoms with Gasteiger partial charge in [-0.2, -0.15) is 14.8 Å². The molecule has 0 unspecified atom stereocenters. The molecule has 4 atom stereocenters. The third-order valence-corrected chi connectivity index (χ3v) is 5.79. The number of nitrogens with two attached hydrogens (primary N) is 1. The third-order valence-electron chi connectivity index (χ3n) is 5.79. The predicted molar refractivity (Wildman–Crippen MR) is 123 cm³/mol. The van der Waals surface area contributed by atoms with E-state index in [1.165, 1.54) is 4.80 Å². The van der Waals surface area contributed by atoms with E-state index in [9.17, 15) is 10.2 Å². The number of rotatable bonds is 8. The number of nitrogen functional groups attached to an aromatic ring is 1. The Bertz CT molecular complexity index is 1310. The number of aromatic amines is 1. The van der Waals surface area contributed by atoms with E-state index in [1.807, 2.05) is 31.2 Å². The minimum absolute atomic E-state index is 0.180. The summed E-state index contributed by atoms with van der Waals surface area (Å²) in [5.74, 6) is 1.76. The Morgan fingerprint density at radius 1 is 1.14 bits per heavy atom. The molecule has 0 saturated carbocycles. The van der Waals surface area contributed by atoms with Crippen LogP contribution in [0.3, 0.4) is 0 Å². The van der Waals surface area contributed by atoms with E-state index >= 15 is 0 Å². The van der Waals surface area contributed by atoms with Crippen molar-refractivity contribution in [3.8, 4) is 5.75 Å². The van der Waals surface area contributed by atoms with Crippen LogP contribution in [-0.4, -0.2) is 76.2 Å². The number of aryl methyl sites for hydroxylation is 1. The number of methoxy groups -OCH3 is 1. The van der Waals surface area contributed by atoms with Crippen LogP contribution in [0.25, 0.3) is 11.2 Å². The molecule has 1 aromatic carbocycles. The van der Waals surface area contributed by atoms with Gasteiger partial charge >= 0.3 is 0 Å². The molecule has 184 valence electrons. The first-order valence-corrected chi connectivity index (χ1v) is 11.2. The van der Waals surface area contributed by atoms with E-state index < -0.39 is 24.4 Å². The smallest absolute Gasteiger partial charge is 0.226 e. The van der Waals surface area contributed by atoms with Crippen molar-refractivity contribution in [1.82, 2.24) is 40.1 Å². The molecule has 35 heavy (non-hydrogen) atoms. The molecule has 0 spiro atoms. The van der Waals surface area contributed by atoms with Crippen molar-refractivity contribution in [1.29, 1.82) is 0 Å². The number of imidazole rings is 1. The van der Waals surface area contributed by atoms with E-state index in [2.05, 4.69) is 40.7 Å². The van der Waals surface area contributed by atoms with Gasteiger partial charge in [0, 0.05) is 6.54 Å². The van der Waals surface area contributed by atoms with Gasteiger partial charge in [-0.1, -0.05) is 12.1 Å². The molecule has 0 bridgehead atoms. The summed E-state index contributed by atoms with van der Waals surface area (Å²) in [6.07, 6.45) is -3.72. The van der Waals surface area contributed by atoms with Gasteiger partial charge in [-0.15, -0.1) is 10.2 Å². The minimum Gasteiger partial charge on any atom is -0.497 e. The number of fused-ring (bicyclic) bond motifs is 1. The number of aromatic nitrogens is 8. The third kappa shape index (κ3) is 4.45. The summed E-state index contributed by atoms with van der Waals surface area (Å²) in [6.45, 7) is 2.95. The van der Waals surface area contributed by atoms with Crippen LogP contribution in [0.1, 0.15) is 36.3 Å². The maximum atomic E-state index is 10.6. The van der Waals surface area contributed by atoms with Gasteiger partial charge in [0.2, 0.25) is 11.8 Å². The quantitative estimate of drug-likeness (QED) is 0.228. The molecule has 0 amide bonds. The Morgan fingerprint density at radius 3 is 2.63 bits per heavy atom. The second-order valence-corrected chi connectivity index (χ2v) is 8.07. The monoisotopic (exact) mass is 482 g/mol. The van der Waals surface area contributed by atoms with Gasteiger partial charge in [-0.05, 0) is 36.3 Å². The normalized spacial score (nSPS) is 22.1. The number of tetrazole rings is 1. The molecular formula is C21H26N10O4. The van der Waals surface area contributed by atoms with Crippen LogP contribution < -0.4 is 15.8 Å². The lowest BCUT2D eigenvalue weighted by Gasteiger charge is -2.11. The van der Waals surface area contributed by atoms with Gasteiger partial charge in [0.15, 0.2) is 17.6 Å². The standard InChI is InChI=1S/C21H26N10O4/c1-3-31-29-20(28-30-31)16-14(33)13(32)15(35-16)19-24-12-17(22)25-21(27-18(12)26-19)23-9-8-10-4-6-11(34-2)7-5-10/h4-7,13-16,32-33H,3,8-9H2,1-2H3,(H4,22,23,24,25,26,27)/t13-,14+,15+,16+/m1/s1. The van der Waals surface area contributed by atoms with E-state index in [4.69, 9.17) is 15.2 Å². The average Bonchev–Trinajstić information content (AvgIpc) is 3.58. The number of H-pyrrole nitrogens is 1. The fraction of sp³-hybridized carbons (Fsp3) is 0.429. The Balaban J connectivity index is 1.30. The number of aliphatic hydroxyl groups excluding tert-OH is 2. The zero-order valence-corrected chi connectivity index (χ0v) is 19.2. The molecule has 1 fully saturated rings. The van der Waals surface area contributed by atoms with Crippen molar-refractivity contribution < 1.29 is 19.7 Å². The van der Waals surface area contributed by atoms with Gasteiger partial charge < -0.3 is 35.7 Å². The van der Waals surface area contributed by atoms with Crippen LogP contribution >= 0.6 is 0 Å². The van der Waals surface area contributed by atoms with Gasteiger partial charge in [0.25, 0.3) is 0 Å². The first kappa shape index (κ1) is 22.9. The summed E-state index contributed by atoms with van der Waals surface area (Å²) in [5, 5.41) is 36.2. The summed E-state index contributed by atoms with van der Waals surface area (Å²) in [5.41, 5.74) is 7.97. The minimum atomic E-state index is -1.27. The van der Waals surface area contributed by atoms with Crippen LogP contribution in [0, 0.1) is 0 Å². The highest BCUT2D eigenvalue weighted by molar-refractivity contribution is 5.82. The lowest BCUT2D eigenvalue weighted by molar-refractivity contribution is -0.00236. The van der Waals surface area contributed by atoms with Crippen molar-refractivity contribution in [2.75, 3.05) is 24.7 Å². The van der Waals surface area contributed by atoms with E-state index in [-0.39, 0.29) is 17.5 Å². The zero-order valence-electron chi connectivity index (χ0n) is 19.2. The van der Waals surface area contributed by atoms with Gasteiger partial charge in [0.1, 0.15) is 35.4 Å². The number of hydrogen-bond acceptors (Lipinski definition) is 12. The van der Waals surface area contributed by atoms with Gasteiger partial charge in [0.05, 0.1) is 13.7 Å². The number of nitrogens with one attached hydrogen (secondary N) is 2. The largest absolute Gasteiger partial charge is 0.497 e. The number of nitrogens with zero attached hydrogens (tertiary/aromatic N) is 7. The molecule has 0 aliphatic carbocycles. The summed E-state index contributed by atoms with van der Waals surface area (Å²) in [7, 11) is 1.63. The molecule has 1 aliphatic heterocycles. The van der Waals surface area contributed by atoms with Crippen LogP contribution in [0.2, 0.25) is 0 Å². The van der Waals surface area contributed by atoms with Gasteiger partial charge in [-0.3, -0.25) is 0 Å². The Kier molecular flexibility index (Phi) is 6.15. The number of aliphatic hydroxyl groups is 2. The summed E-state index contributed by atoms with van der Waals surface area (Å²) in [6, 6.07) is 7.80. The molecule has 1 saturated heterocycles. The molecule has 3 aromatic heterocycles. The second kappa shape index (κ2) is 9.40. The SMILES string of the molecule is CCn1nnc([C@H]2O[C@H](c3nc4nc(NCCc5ccc(OC)cc5)nc(N)c4[nH]3)[C@H](O)[C@@H]2O)n1. The number of ether oxygens (including phenoxy) is 2. The first-order chi connectivity index (χ1) is 17.0. The molecule has 1 aliphatic rings. The second-order valence-electron chi connectivity index (χ2n) is 8.07. The fourth-order valence-corrected chi connectivity index (χ4v) is 3.88. The molecule has 5 rings (SSSR count). The fourth-order valence-electron chi connectivity index (χ4n) is 3.88. The maximum Gasteiger partial charge on any atom is 0.226 e. The predicted octanol–water partition coefficient (Wildman–Crippen LogP) is 0.139. The number of anilines is 2. The summed E-state index contributed by atoms with van der Waals surface area (Å²) in [4.78, 5) is 17.5. The Hall–Kier alpha value is -3.88. The number of hydrogen-bond donors (Lipinski definition) is 5. The lowest BCUT2D eigenvalue weighted by atomic mass is 10.1. The molecule has 4 heterocycles. The van der Waals surface area contributed by atoms with Crippen molar-refractivity contribution in [2.24, 2.45) is 0 Å². The van der Waals surface area contributed by atoms with Crippen molar-refractivity contribution in [3.63, 3.8) is 0 Å². The topological polar surface area (TPSA) is 195 Å². The van der Waals surface area contributed by atoms with Crippen LogP contribution in [-0.2, 0) is 17.7 Å². The molecule has 14 heteroatoms. The highest BCUT2D eigenvalue weighted by Crippen LogP contribution is 2.39. The zero-order chi connectivity index (χ0) is 24.5. The molecule has 4 aromatic rings. The molecule has 14 nitrogen and oxygen atoms in total. The highest BCUT2D eigenvalue weighted by Gasteiger charge is 2.47. The summed E-state index contributed by atoms with van der Waals surface area (Å²) >= 11 is 0. The molecule has 6 N–H and O–H groups in total. The van der Waals surface area contributed by atoms with Crippen LogP contribution in [0.5, 0.6) is 5.75 Å². The van der Waals surface area contributed by atoms with Crippen molar-refractivity contribution in [3.05, 3.63) is 41.5 Å². The lowest BCUT2D eigenvalue weighted by Crippen LogP contribution is -2.27. The number of benzene rings is 1. The van der Waals surface area contributed by atoms with Gasteiger partial charge in [-0.25, -0.2) is 4.98 Å². The van der Waals surface area contributed by atoms with E-state index in [0.29, 0.717) is 30.2 Å². The molecule has 0 radical (unpaired) electrons. The summed E-state index contributed by atoms with van der Waals surface area (Å²) < 4.78 is 11.0. The first-order valence-electron chi connectivity index (χ1n) is 11.2. The van der Waals surface area contributed by atoms with E-state index in [0.717, 1.165) is 17.7 Å².